The zero-order valence-electron chi connectivity index (χ0n) is 16.7. The molecule has 2 fully saturated rings. The van der Waals surface area contributed by atoms with Gasteiger partial charge in [0, 0.05) is 37.3 Å². The number of carbonyl (C=O) groups excluding carboxylic acids is 1. The molecule has 5 atom stereocenters. The Morgan fingerprint density at radius 2 is 2.33 bits per heavy atom. The van der Waals surface area contributed by atoms with Crippen molar-refractivity contribution >= 4 is 5.97 Å². The number of hydrogen-bond acceptors (Lipinski definition) is 4. The molecule has 5 unspecified atom stereocenters. The Kier molecular flexibility index (Phi) is 5.40. The highest BCUT2D eigenvalue weighted by atomic mass is 16.6. The Bertz CT molecular complexity index is 684. The Morgan fingerprint density at radius 1 is 1.44 bits per heavy atom. The average Bonchev–Trinajstić information content (AvgIpc) is 2.98. The van der Waals surface area contributed by atoms with Crippen molar-refractivity contribution in [3.05, 3.63) is 30.4 Å². The molecule has 5 heteroatoms. The molecule has 0 amide bonds. The maximum absolute atomic E-state index is 12.6. The van der Waals surface area contributed by atoms with Crippen LogP contribution >= 0.6 is 0 Å². The van der Waals surface area contributed by atoms with Gasteiger partial charge in [-0.3, -0.25) is 4.79 Å². The van der Waals surface area contributed by atoms with Crippen molar-refractivity contribution in [3.63, 3.8) is 0 Å². The van der Waals surface area contributed by atoms with Gasteiger partial charge in [-0.15, -0.1) is 0 Å². The number of allylic oxidation sites excluding steroid dienone is 2. The topological polar surface area (TPSA) is 56.1 Å². The van der Waals surface area contributed by atoms with Gasteiger partial charge >= 0.3 is 5.97 Å². The van der Waals surface area contributed by atoms with E-state index in [1.807, 2.05) is 18.7 Å². The predicted octanol–water partition coefficient (Wildman–Crippen LogP) is 3.57. The lowest BCUT2D eigenvalue weighted by Gasteiger charge is -2.24. The summed E-state index contributed by atoms with van der Waals surface area (Å²) in [6.07, 6.45) is 15.0. The van der Waals surface area contributed by atoms with Gasteiger partial charge in [0.2, 0.25) is 0 Å². The molecule has 1 aromatic rings. The number of nitrogens with zero attached hydrogens (tertiary/aromatic N) is 2. The van der Waals surface area contributed by atoms with Crippen LogP contribution in [0.15, 0.2) is 30.4 Å². The number of aromatic nitrogens is 2. The van der Waals surface area contributed by atoms with Gasteiger partial charge in [-0.1, -0.05) is 18.6 Å². The van der Waals surface area contributed by atoms with Gasteiger partial charge < -0.3 is 14.6 Å². The molecule has 4 rings (SSSR count). The van der Waals surface area contributed by atoms with Crippen LogP contribution in [0.25, 0.3) is 0 Å². The van der Waals surface area contributed by atoms with Crippen molar-refractivity contribution < 1.29 is 9.53 Å². The van der Waals surface area contributed by atoms with Crippen LogP contribution in [0.3, 0.4) is 0 Å². The molecule has 0 bridgehead atoms. The van der Waals surface area contributed by atoms with Gasteiger partial charge in [0.1, 0.15) is 6.10 Å². The lowest BCUT2D eigenvalue weighted by atomic mass is 9.80. The quantitative estimate of drug-likeness (QED) is 0.472. The highest BCUT2D eigenvalue weighted by molar-refractivity contribution is 5.75. The van der Waals surface area contributed by atoms with Gasteiger partial charge in [-0.25, -0.2) is 4.98 Å². The van der Waals surface area contributed by atoms with Crippen molar-refractivity contribution in [1.82, 2.24) is 14.9 Å². The Balaban J connectivity index is 1.34. The second-order valence-corrected chi connectivity index (χ2v) is 9.12. The maximum Gasteiger partial charge on any atom is 0.310 e. The van der Waals surface area contributed by atoms with Gasteiger partial charge in [-0.2, -0.15) is 0 Å². The summed E-state index contributed by atoms with van der Waals surface area (Å²) in [7, 11) is 0. The molecule has 0 radical (unpaired) electrons. The Hall–Kier alpha value is -1.62. The van der Waals surface area contributed by atoms with E-state index in [-0.39, 0.29) is 18.0 Å². The highest BCUT2D eigenvalue weighted by Gasteiger charge is 2.60. The predicted molar refractivity (Wildman–Crippen MR) is 105 cm³/mol. The molecule has 0 spiro atoms. The van der Waals surface area contributed by atoms with Crippen LogP contribution in [0.1, 0.15) is 52.4 Å². The Morgan fingerprint density at radius 3 is 3.15 bits per heavy atom. The zero-order chi connectivity index (χ0) is 18.9. The van der Waals surface area contributed by atoms with Crippen LogP contribution in [-0.4, -0.2) is 34.7 Å². The third-order valence-corrected chi connectivity index (χ3v) is 7.09. The summed E-state index contributed by atoms with van der Waals surface area (Å²) in [6.45, 7) is 7.24. The van der Waals surface area contributed by atoms with E-state index in [2.05, 4.69) is 34.8 Å². The molecular weight excluding hydrogens is 338 g/mol. The van der Waals surface area contributed by atoms with Crippen LogP contribution < -0.4 is 5.32 Å². The highest BCUT2D eigenvalue weighted by Crippen LogP contribution is 2.61. The van der Waals surface area contributed by atoms with Gasteiger partial charge in [0.05, 0.1) is 12.2 Å². The summed E-state index contributed by atoms with van der Waals surface area (Å²) in [4.78, 5) is 16.7. The van der Waals surface area contributed by atoms with E-state index in [1.165, 1.54) is 24.8 Å². The minimum absolute atomic E-state index is 0.0142. The second kappa shape index (κ2) is 7.78. The molecule has 1 aromatic heterocycles. The van der Waals surface area contributed by atoms with Gasteiger partial charge in [0.15, 0.2) is 0 Å². The first-order valence-electron chi connectivity index (χ1n) is 10.6. The van der Waals surface area contributed by atoms with Gasteiger partial charge in [0.25, 0.3) is 0 Å². The summed E-state index contributed by atoms with van der Waals surface area (Å²) in [5.41, 5.74) is 1.85. The number of hydrogen-bond donors (Lipinski definition) is 1. The maximum atomic E-state index is 12.6. The van der Waals surface area contributed by atoms with Crippen molar-refractivity contribution in [2.45, 2.75) is 65.0 Å². The van der Waals surface area contributed by atoms with E-state index in [4.69, 9.17) is 4.74 Å². The SMILES string of the molecule is CC1=CCCC2(C)CC2C2OC(=O)C(CNCCCn3ccnc3)C2CC1. The standard InChI is InChI=1S/C22H33N3O2/c1-16-5-3-8-22(2)13-19(22)20-17(7-6-16)18(21(26)27-20)14-23-9-4-11-25-12-10-24-15-25/h5,10,12,15,17-20,23H,3-4,6-9,11,13-14H2,1-2H3. The first kappa shape index (κ1) is 18.7. The number of esters is 1. The van der Waals surface area contributed by atoms with Gasteiger partial charge in [-0.05, 0) is 57.4 Å². The third kappa shape index (κ3) is 4.13. The summed E-state index contributed by atoms with van der Waals surface area (Å²) in [5, 5.41) is 3.52. The Labute approximate surface area is 162 Å². The van der Waals surface area contributed by atoms with Crippen LogP contribution in [0.5, 0.6) is 0 Å². The zero-order valence-corrected chi connectivity index (χ0v) is 16.7. The normalized spacial score (nSPS) is 35.8. The molecule has 0 aromatic carbocycles. The number of rotatable bonds is 6. The number of aryl methyl sites for hydroxylation is 1. The molecule has 27 heavy (non-hydrogen) atoms. The molecule has 1 aliphatic heterocycles. The molecule has 2 aliphatic carbocycles. The smallest absolute Gasteiger partial charge is 0.310 e. The molecule has 1 saturated heterocycles. The number of carbonyl (C=O) groups is 1. The lowest BCUT2D eigenvalue weighted by molar-refractivity contribution is -0.145. The molecule has 5 nitrogen and oxygen atoms in total. The fraction of sp³-hybridized carbons (Fsp3) is 0.727. The molecular formula is C22H33N3O2. The summed E-state index contributed by atoms with van der Waals surface area (Å²) >= 11 is 0. The monoisotopic (exact) mass is 371 g/mol. The van der Waals surface area contributed by atoms with E-state index in [9.17, 15) is 4.79 Å². The summed E-state index contributed by atoms with van der Waals surface area (Å²) in [5.74, 6) is 0.985. The van der Waals surface area contributed by atoms with Crippen molar-refractivity contribution in [3.8, 4) is 0 Å². The summed E-state index contributed by atoms with van der Waals surface area (Å²) in [6, 6.07) is 0. The molecule has 1 N–H and O–H groups in total. The minimum Gasteiger partial charge on any atom is -0.461 e. The van der Waals surface area contributed by atoms with E-state index >= 15 is 0 Å². The van der Waals surface area contributed by atoms with E-state index in [0.717, 1.165) is 38.9 Å². The molecule has 3 aliphatic rings. The van der Waals surface area contributed by atoms with E-state index < -0.39 is 0 Å². The number of imidazole rings is 1. The summed E-state index contributed by atoms with van der Waals surface area (Å²) < 4.78 is 8.06. The number of nitrogens with one attached hydrogen (secondary N) is 1. The third-order valence-electron chi connectivity index (χ3n) is 7.09. The first-order chi connectivity index (χ1) is 13.1. The molecule has 1 saturated carbocycles. The van der Waals surface area contributed by atoms with Crippen molar-refractivity contribution in [2.75, 3.05) is 13.1 Å². The van der Waals surface area contributed by atoms with Crippen molar-refractivity contribution in [1.29, 1.82) is 0 Å². The average molecular weight is 372 g/mol. The van der Waals surface area contributed by atoms with Crippen LogP contribution in [0.4, 0.5) is 0 Å². The fourth-order valence-corrected chi connectivity index (χ4v) is 5.14. The lowest BCUT2D eigenvalue weighted by Crippen LogP contribution is -2.33. The first-order valence-corrected chi connectivity index (χ1v) is 10.6. The number of ether oxygens (including phenoxy) is 1. The van der Waals surface area contributed by atoms with Crippen LogP contribution in [0.2, 0.25) is 0 Å². The van der Waals surface area contributed by atoms with Crippen LogP contribution in [0, 0.1) is 23.2 Å². The molecule has 148 valence electrons. The van der Waals surface area contributed by atoms with Crippen LogP contribution in [-0.2, 0) is 16.1 Å². The second-order valence-electron chi connectivity index (χ2n) is 9.12. The van der Waals surface area contributed by atoms with E-state index in [0.29, 0.717) is 17.3 Å². The molecule has 2 heterocycles. The minimum atomic E-state index is 0.0142. The van der Waals surface area contributed by atoms with Crippen molar-refractivity contribution in [2.24, 2.45) is 23.2 Å². The number of fused-ring (bicyclic) bond motifs is 3. The van der Waals surface area contributed by atoms with E-state index in [1.54, 1.807) is 0 Å². The fourth-order valence-electron chi connectivity index (χ4n) is 5.14. The largest absolute Gasteiger partial charge is 0.461 e.